The number of methoxy groups -OCH3 is 1. The second-order valence-corrected chi connectivity index (χ2v) is 13.0. The number of rotatable bonds is 9. The summed E-state index contributed by atoms with van der Waals surface area (Å²) >= 11 is 0. The predicted octanol–water partition coefficient (Wildman–Crippen LogP) is 6.42. The topological polar surface area (TPSA) is 128 Å². The summed E-state index contributed by atoms with van der Waals surface area (Å²) in [6, 6.07) is 10.2. The van der Waals surface area contributed by atoms with Crippen molar-refractivity contribution in [1.82, 2.24) is 15.2 Å². The third kappa shape index (κ3) is 7.54. The molecule has 2 aromatic carbocycles. The molecule has 1 fully saturated rings. The van der Waals surface area contributed by atoms with E-state index >= 15 is 0 Å². The Labute approximate surface area is 264 Å². The van der Waals surface area contributed by atoms with Crippen LogP contribution in [0.2, 0.25) is 0 Å². The molecule has 0 spiro atoms. The summed E-state index contributed by atoms with van der Waals surface area (Å²) in [7, 11) is 1.31. The van der Waals surface area contributed by atoms with Crippen LogP contribution >= 0.6 is 0 Å². The second-order valence-electron chi connectivity index (χ2n) is 13.0. The Balaban J connectivity index is 1.37. The highest BCUT2D eigenvalue weighted by Gasteiger charge is 2.30. The van der Waals surface area contributed by atoms with E-state index in [1.165, 1.54) is 31.9 Å². The lowest BCUT2D eigenvalue weighted by Gasteiger charge is -2.23. The second kappa shape index (κ2) is 13.8. The van der Waals surface area contributed by atoms with Crippen molar-refractivity contribution in [2.45, 2.75) is 96.2 Å². The van der Waals surface area contributed by atoms with Crippen LogP contribution in [-0.2, 0) is 20.8 Å². The largest absolute Gasteiger partial charge is 0.508 e. The van der Waals surface area contributed by atoms with Gasteiger partial charge in [-0.05, 0) is 88.6 Å². The number of esters is 1. The molecule has 3 aromatic rings. The standard InChI is InChI=1S/C35H45N3O7/c1-35(2,3)45-34(42)36-17-9-8-12-27(33(41)43-4)37-32(40)23-13-15-25-28(20-23)38-18-19-44-29-21-24(39)14-16-26(29)31(38)30(25)22-10-6-5-7-11-22/h13-16,20-22,27,39H,5-12,17-19H2,1-4H3,(H,36,42)(H,37,40)/t27-/m0/s1. The lowest BCUT2D eigenvalue weighted by Crippen LogP contribution is -2.41. The van der Waals surface area contributed by atoms with Gasteiger partial charge >= 0.3 is 12.1 Å². The lowest BCUT2D eigenvalue weighted by molar-refractivity contribution is -0.143. The third-order valence-electron chi connectivity index (χ3n) is 8.55. The molecule has 10 nitrogen and oxygen atoms in total. The Bertz CT molecular complexity index is 1550. The number of unbranched alkanes of at least 4 members (excludes halogenated alkanes) is 1. The van der Waals surface area contributed by atoms with Gasteiger partial charge in [-0.25, -0.2) is 9.59 Å². The Morgan fingerprint density at radius 3 is 2.58 bits per heavy atom. The number of ether oxygens (including phenoxy) is 3. The summed E-state index contributed by atoms with van der Waals surface area (Å²) < 4.78 is 18.6. The number of nitrogens with zero attached hydrogens (tertiary/aromatic N) is 1. The number of fused-ring (bicyclic) bond motifs is 5. The van der Waals surface area contributed by atoms with Crippen molar-refractivity contribution in [1.29, 1.82) is 0 Å². The zero-order chi connectivity index (χ0) is 32.1. The maximum Gasteiger partial charge on any atom is 0.407 e. The van der Waals surface area contributed by atoms with Gasteiger partial charge in [-0.15, -0.1) is 0 Å². The van der Waals surface area contributed by atoms with Crippen molar-refractivity contribution in [2.75, 3.05) is 20.3 Å². The number of aromatic hydroxyl groups is 1. The molecular formula is C35H45N3O7. The molecule has 1 aromatic heterocycles. The molecule has 0 radical (unpaired) electrons. The van der Waals surface area contributed by atoms with Crippen molar-refractivity contribution >= 4 is 28.9 Å². The average molecular weight is 620 g/mol. The molecule has 2 heterocycles. The summed E-state index contributed by atoms with van der Waals surface area (Å²) in [5.74, 6) is 0.344. The number of phenolic OH excluding ortho intramolecular Hbond substituents is 1. The molecule has 2 aliphatic rings. The molecule has 0 saturated heterocycles. The highest BCUT2D eigenvalue weighted by molar-refractivity contribution is 6.02. The fourth-order valence-corrected chi connectivity index (χ4v) is 6.53. The number of phenols is 1. The minimum absolute atomic E-state index is 0.163. The molecule has 0 bridgehead atoms. The first kappa shape index (κ1) is 32.2. The van der Waals surface area contributed by atoms with Gasteiger partial charge in [-0.1, -0.05) is 25.3 Å². The van der Waals surface area contributed by atoms with E-state index in [4.69, 9.17) is 14.2 Å². The normalized spacial score (nSPS) is 15.6. The van der Waals surface area contributed by atoms with Crippen LogP contribution in [0.4, 0.5) is 4.79 Å². The molecule has 0 unspecified atom stereocenters. The SMILES string of the molecule is COC(=O)[C@H](CCCCNC(=O)OC(C)(C)C)NC(=O)c1ccc2c(C3CCCCC3)c3n(c2c1)CCOc1cc(O)ccc1-3. The molecule has 242 valence electrons. The number of hydrogen-bond donors (Lipinski definition) is 3. The number of hydrogen-bond acceptors (Lipinski definition) is 7. The number of benzene rings is 2. The molecular weight excluding hydrogens is 574 g/mol. The van der Waals surface area contributed by atoms with Crippen molar-refractivity contribution in [3.8, 4) is 22.8 Å². The monoisotopic (exact) mass is 619 g/mol. The van der Waals surface area contributed by atoms with Crippen LogP contribution in [0.1, 0.15) is 94.0 Å². The number of carbonyl (C=O) groups excluding carboxylic acids is 3. The summed E-state index contributed by atoms with van der Waals surface area (Å²) in [6.07, 6.45) is 6.89. The lowest BCUT2D eigenvalue weighted by atomic mass is 9.81. The molecule has 1 saturated carbocycles. The fourth-order valence-electron chi connectivity index (χ4n) is 6.53. The number of carbonyl (C=O) groups is 3. The highest BCUT2D eigenvalue weighted by atomic mass is 16.6. The molecule has 3 N–H and O–H groups in total. The van der Waals surface area contributed by atoms with Gasteiger partial charge in [0.1, 0.15) is 29.7 Å². The zero-order valence-electron chi connectivity index (χ0n) is 26.7. The number of alkyl carbamates (subject to hydrolysis) is 1. The van der Waals surface area contributed by atoms with Gasteiger partial charge in [-0.2, -0.15) is 0 Å². The van der Waals surface area contributed by atoms with Crippen molar-refractivity contribution in [2.24, 2.45) is 0 Å². The maximum absolute atomic E-state index is 13.6. The smallest absolute Gasteiger partial charge is 0.407 e. The Hall–Kier alpha value is -4.21. The first-order chi connectivity index (χ1) is 21.6. The van der Waals surface area contributed by atoms with Crippen LogP contribution < -0.4 is 15.4 Å². The summed E-state index contributed by atoms with van der Waals surface area (Å²) in [4.78, 5) is 38.1. The molecule has 1 aliphatic carbocycles. The first-order valence-electron chi connectivity index (χ1n) is 16.0. The molecule has 2 amide bonds. The molecule has 5 rings (SSSR count). The van der Waals surface area contributed by atoms with Crippen LogP contribution in [0.5, 0.6) is 11.5 Å². The Kier molecular flexibility index (Phi) is 9.90. The number of nitrogens with one attached hydrogen (secondary N) is 2. The maximum atomic E-state index is 13.6. The third-order valence-corrected chi connectivity index (χ3v) is 8.55. The van der Waals surface area contributed by atoms with Crippen molar-refractivity contribution in [3.63, 3.8) is 0 Å². The van der Waals surface area contributed by atoms with Crippen LogP contribution in [0, 0.1) is 0 Å². The van der Waals surface area contributed by atoms with Crippen molar-refractivity contribution in [3.05, 3.63) is 47.5 Å². The van der Waals surface area contributed by atoms with E-state index in [2.05, 4.69) is 15.2 Å². The fraction of sp³-hybridized carbons (Fsp3) is 0.514. The van der Waals surface area contributed by atoms with E-state index in [1.807, 2.05) is 24.3 Å². The van der Waals surface area contributed by atoms with Crippen LogP contribution in [0.15, 0.2) is 36.4 Å². The Morgan fingerprint density at radius 1 is 1.07 bits per heavy atom. The van der Waals surface area contributed by atoms with Gasteiger partial charge < -0.3 is 34.5 Å². The van der Waals surface area contributed by atoms with E-state index < -0.39 is 23.7 Å². The van der Waals surface area contributed by atoms with Gasteiger partial charge in [0.05, 0.1) is 19.3 Å². The Morgan fingerprint density at radius 2 is 1.84 bits per heavy atom. The van der Waals surface area contributed by atoms with Crippen LogP contribution in [-0.4, -0.2) is 59.5 Å². The molecule has 10 heteroatoms. The minimum Gasteiger partial charge on any atom is -0.508 e. The highest BCUT2D eigenvalue weighted by Crippen LogP contribution is 2.47. The molecule has 1 aliphatic heterocycles. The van der Waals surface area contributed by atoms with E-state index in [0.29, 0.717) is 56.2 Å². The van der Waals surface area contributed by atoms with Crippen molar-refractivity contribution < 1.29 is 33.7 Å². The van der Waals surface area contributed by atoms with E-state index in [-0.39, 0.29) is 11.7 Å². The van der Waals surface area contributed by atoms with Gasteiger partial charge in [0.2, 0.25) is 0 Å². The summed E-state index contributed by atoms with van der Waals surface area (Å²) in [6.45, 7) is 6.83. The number of aromatic nitrogens is 1. The van der Waals surface area contributed by atoms with Crippen LogP contribution in [0.25, 0.3) is 22.2 Å². The van der Waals surface area contributed by atoms with Crippen LogP contribution in [0.3, 0.4) is 0 Å². The van der Waals surface area contributed by atoms with Gasteiger partial charge in [0.15, 0.2) is 0 Å². The van der Waals surface area contributed by atoms with E-state index in [0.717, 1.165) is 35.0 Å². The number of amides is 2. The van der Waals surface area contributed by atoms with E-state index in [9.17, 15) is 19.5 Å². The average Bonchev–Trinajstić information content (AvgIpc) is 3.20. The predicted molar refractivity (Wildman–Crippen MR) is 172 cm³/mol. The minimum atomic E-state index is -0.824. The van der Waals surface area contributed by atoms with Gasteiger partial charge in [0, 0.05) is 34.6 Å². The first-order valence-corrected chi connectivity index (χ1v) is 16.0. The van der Waals surface area contributed by atoms with Gasteiger partial charge in [-0.3, -0.25) is 4.79 Å². The summed E-state index contributed by atoms with van der Waals surface area (Å²) in [5.41, 5.74) is 4.14. The molecule has 45 heavy (non-hydrogen) atoms. The quantitative estimate of drug-likeness (QED) is 0.186. The summed E-state index contributed by atoms with van der Waals surface area (Å²) in [5, 5.41) is 16.9. The molecule has 1 atom stereocenters. The van der Waals surface area contributed by atoms with Gasteiger partial charge in [0.25, 0.3) is 5.91 Å². The van der Waals surface area contributed by atoms with E-state index in [1.54, 1.807) is 32.9 Å². The zero-order valence-corrected chi connectivity index (χ0v) is 26.7.